The smallest absolute Gasteiger partial charge is 0.146 e. The standard InChI is InChI=1S/C15H20N2O/c1-8-5-14-15(10(3)9(8)2)12(7-17-14)6-13(16)11(4)18/h5,7,13,17H,6,16H2,1-4H3. The Morgan fingerprint density at radius 1 is 1.33 bits per heavy atom. The number of hydrogen-bond donors (Lipinski definition) is 2. The summed E-state index contributed by atoms with van der Waals surface area (Å²) in [5.41, 5.74) is 12.0. The molecule has 1 unspecified atom stereocenters. The molecule has 1 aromatic carbocycles. The molecule has 0 saturated heterocycles. The van der Waals surface area contributed by atoms with Crippen molar-refractivity contribution in [1.82, 2.24) is 4.98 Å². The summed E-state index contributed by atoms with van der Waals surface area (Å²) >= 11 is 0. The number of rotatable bonds is 3. The topological polar surface area (TPSA) is 58.9 Å². The number of H-pyrrole nitrogens is 1. The molecule has 96 valence electrons. The summed E-state index contributed by atoms with van der Waals surface area (Å²) in [7, 11) is 0. The van der Waals surface area contributed by atoms with Crippen molar-refractivity contribution >= 4 is 16.7 Å². The van der Waals surface area contributed by atoms with Gasteiger partial charge >= 0.3 is 0 Å². The van der Waals surface area contributed by atoms with Crippen LogP contribution in [0.3, 0.4) is 0 Å². The molecule has 1 atom stereocenters. The summed E-state index contributed by atoms with van der Waals surface area (Å²) in [5, 5.41) is 1.22. The molecule has 0 bridgehead atoms. The van der Waals surface area contributed by atoms with E-state index in [-0.39, 0.29) is 5.78 Å². The second-order valence-corrected chi connectivity index (χ2v) is 5.10. The minimum Gasteiger partial charge on any atom is -0.361 e. The normalized spacial score (nSPS) is 12.9. The van der Waals surface area contributed by atoms with E-state index >= 15 is 0 Å². The fraction of sp³-hybridized carbons (Fsp3) is 0.400. The van der Waals surface area contributed by atoms with E-state index in [0.29, 0.717) is 6.42 Å². The van der Waals surface area contributed by atoms with E-state index in [9.17, 15) is 4.79 Å². The first-order valence-corrected chi connectivity index (χ1v) is 6.24. The van der Waals surface area contributed by atoms with E-state index in [0.717, 1.165) is 11.1 Å². The number of hydrogen-bond acceptors (Lipinski definition) is 2. The van der Waals surface area contributed by atoms with E-state index in [4.69, 9.17) is 5.73 Å². The zero-order chi connectivity index (χ0) is 13.4. The molecule has 1 aromatic heterocycles. The molecular weight excluding hydrogens is 224 g/mol. The van der Waals surface area contributed by atoms with Crippen LogP contribution >= 0.6 is 0 Å². The van der Waals surface area contributed by atoms with Gasteiger partial charge in [0.2, 0.25) is 0 Å². The lowest BCUT2D eigenvalue weighted by atomic mass is 9.95. The number of fused-ring (bicyclic) bond motifs is 1. The summed E-state index contributed by atoms with van der Waals surface area (Å²) in [6.45, 7) is 7.92. The number of carbonyl (C=O) groups is 1. The van der Waals surface area contributed by atoms with Gasteiger partial charge in [0.05, 0.1) is 6.04 Å². The van der Waals surface area contributed by atoms with E-state index in [1.165, 1.54) is 22.1 Å². The lowest BCUT2D eigenvalue weighted by Gasteiger charge is -2.10. The van der Waals surface area contributed by atoms with E-state index < -0.39 is 6.04 Å². The van der Waals surface area contributed by atoms with Crippen LogP contribution < -0.4 is 5.73 Å². The molecule has 3 N–H and O–H groups in total. The average Bonchev–Trinajstić information content (AvgIpc) is 2.69. The van der Waals surface area contributed by atoms with Crippen LogP contribution in [0.15, 0.2) is 12.3 Å². The second kappa shape index (κ2) is 4.58. The minimum absolute atomic E-state index is 0.0332. The third kappa shape index (κ3) is 2.06. The van der Waals surface area contributed by atoms with Crippen molar-refractivity contribution < 1.29 is 4.79 Å². The van der Waals surface area contributed by atoms with Crippen LogP contribution in [0.5, 0.6) is 0 Å². The lowest BCUT2D eigenvalue weighted by molar-refractivity contribution is -0.118. The van der Waals surface area contributed by atoms with Crippen LogP contribution in [-0.4, -0.2) is 16.8 Å². The van der Waals surface area contributed by atoms with E-state index in [1.807, 2.05) is 6.20 Å². The zero-order valence-corrected chi connectivity index (χ0v) is 11.4. The molecule has 0 spiro atoms. The Morgan fingerprint density at radius 3 is 2.61 bits per heavy atom. The first-order chi connectivity index (χ1) is 8.41. The van der Waals surface area contributed by atoms with Gasteiger partial charge < -0.3 is 10.7 Å². The van der Waals surface area contributed by atoms with Gasteiger partial charge in [-0.25, -0.2) is 0 Å². The summed E-state index contributed by atoms with van der Waals surface area (Å²) in [4.78, 5) is 14.6. The third-order valence-electron chi connectivity index (χ3n) is 3.84. The van der Waals surface area contributed by atoms with Gasteiger partial charge in [0.1, 0.15) is 5.78 Å². The molecule has 0 aliphatic rings. The first kappa shape index (κ1) is 12.8. The molecular formula is C15H20N2O. The average molecular weight is 244 g/mol. The maximum Gasteiger partial charge on any atom is 0.146 e. The molecule has 0 radical (unpaired) electrons. The van der Waals surface area contributed by atoms with Crippen molar-refractivity contribution in [3.8, 4) is 0 Å². The Morgan fingerprint density at radius 2 is 2.00 bits per heavy atom. The van der Waals surface area contributed by atoms with Crippen LogP contribution in [0.25, 0.3) is 10.9 Å². The van der Waals surface area contributed by atoms with Crippen molar-refractivity contribution in [2.75, 3.05) is 0 Å². The Hall–Kier alpha value is -1.61. The van der Waals surface area contributed by atoms with Crippen LogP contribution in [0.1, 0.15) is 29.2 Å². The predicted molar refractivity (Wildman–Crippen MR) is 74.9 cm³/mol. The molecule has 2 rings (SSSR count). The van der Waals surface area contributed by atoms with Gasteiger partial charge in [-0.2, -0.15) is 0 Å². The highest BCUT2D eigenvalue weighted by molar-refractivity contribution is 5.89. The Kier molecular flexibility index (Phi) is 3.26. The number of Topliss-reactive ketones (excluding diaryl/α,β-unsaturated/α-hetero) is 1. The molecule has 0 amide bonds. The van der Waals surface area contributed by atoms with Gasteiger partial charge in [-0.3, -0.25) is 4.79 Å². The van der Waals surface area contributed by atoms with Crippen LogP contribution in [0, 0.1) is 20.8 Å². The fourth-order valence-electron chi connectivity index (χ4n) is 2.39. The number of ketones is 1. The SMILES string of the molecule is CC(=O)C(N)Cc1c[nH]c2cc(C)c(C)c(C)c12. The number of nitrogens with one attached hydrogen (secondary N) is 1. The van der Waals surface area contributed by atoms with Crippen molar-refractivity contribution in [2.45, 2.75) is 40.2 Å². The monoisotopic (exact) mass is 244 g/mol. The Bertz CT molecular complexity index is 610. The fourth-order valence-corrected chi connectivity index (χ4v) is 2.39. The van der Waals surface area contributed by atoms with Gasteiger partial charge in [0, 0.05) is 17.1 Å². The quantitative estimate of drug-likeness (QED) is 0.871. The van der Waals surface area contributed by atoms with Crippen molar-refractivity contribution in [3.63, 3.8) is 0 Å². The minimum atomic E-state index is -0.412. The lowest BCUT2D eigenvalue weighted by Crippen LogP contribution is -2.30. The van der Waals surface area contributed by atoms with Crippen molar-refractivity contribution in [2.24, 2.45) is 5.73 Å². The molecule has 3 heteroatoms. The van der Waals surface area contributed by atoms with Crippen molar-refractivity contribution in [3.05, 3.63) is 34.5 Å². The third-order valence-corrected chi connectivity index (χ3v) is 3.84. The van der Waals surface area contributed by atoms with Crippen LogP contribution in [0.2, 0.25) is 0 Å². The summed E-state index contributed by atoms with van der Waals surface area (Å²) in [6, 6.07) is 1.74. The Labute approximate surface area is 107 Å². The van der Waals surface area contributed by atoms with Gasteiger partial charge in [-0.1, -0.05) is 0 Å². The number of carbonyl (C=O) groups excluding carboxylic acids is 1. The van der Waals surface area contributed by atoms with Gasteiger partial charge in [0.25, 0.3) is 0 Å². The first-order valence-electron chi connectivity index (χ1n) is 6.24. The highest BCUT2D eigenvalue weighted by Gasteiger charge is 2.15. The van der Waals surface area contributed by atoms with E-state index in [2.05, 4.69) is 31.8 Å². The summed E-state index contributed by atoms with van der Waals surface area (Å²) in [5.74, 6) is 0.0332. The number of aromatic amines is 1. The molecule has 2 aromatic rings. The maximum absolute atomic E-state index is 11.3. The molecule has 3 nitrogen and oxygen atoms in total. The number of benzene rings is 1. The summed E-state index contributed by atoms with van der Waals surface area (Å²) in [6.07, 6.45) is 2.57. The number of aromatic nitrogens is 1. The predicted octanol–water partition coefficient (Wildman–Crippen LogP) is 2.55. The molecule has 0 aliphatic carbocycles. The number of nitrogens with two attached hydrogens (primary N) is 1. The highest BCUT2D eigenvalue weighted by Crippen LogP contribution is 2.27. The van der Waals surface area contributed by atoms with Gasteiger partial charge in [0.15, 0.2) is 0 Å². The molecule has 0 fully saturated rings. The van der Waals surface area contributed by atoms with Gasteiger partial charge in [-0.15, -0.1) is 0 Å². The molecule has 18 heavy (non-hydrogen) atoms. The highest BCUT2D eigenvalue weighted by atomic mass is 16.1. The zero-order valence-electron chi connectivity index (χ0n) is 11.4. The number of aryl methyl sites for hydroxylation is 2. The van der Waals surface area contributed by atoms with E-state index in [1.54, 1.807) is 6.92 Å². The largest absolute Gasteiger partial charge is 0.361 e. The maximum atomic E-state index is 11.3. The van der Waals surface area contributed by atoms with Crippen molar-refractivity contribution in [1.29, 1.82) is 0 Å². The molecule has 1 heterocycles. The Balaban J connectivity index is 2.54. The van der Waals surface area contributed by atoms with Gasteiger partial charge in [-0.05, 0) is 62.4 Å². The molecule has 0 aliphatic heterocycles. The van der Waals surface area contributed by atoms with Crippen LogP contribution in [-0.2, 0) is 11.2 Å². The molecule has 0 saturated carbocycles. The second-order valence-electron chi connectivity index (χ2n) is 5.10. The van der Waals surface area contributed by atoms with Crippen LogP contribution in [0.4, 0.5) is 0 Å². The summed E-state index contributed by atoms with van der Waals surface area (Å²) < 4.78 is 0.